The number of benzene rings is 2. The Morgan fingerprint density at radius 2 is 1.95 bits per heavy atom. The summed E-state index contributed by atoms with van der Waals surface area (Å²) < 4.78 is 10.9. The van der Waals surface area contributed by atoms with Crippen molar-refractivity contribution >= 4 is 27.9 Å². The summed E-state index contributed by atoms with van der Waals surface area (Å²) >= 11 is 0. The lowest BCUT2D eigenvalue weighted by atomic mass is 10.0. The zero-order chi connectivity index (χ0) is 14.3. The standard InChI is InChI=1S/C17H16O3/c1-4-19-17(18)12-5-6-15-13(9-12)14-8-10(2)7-11(3)16(14)20-15/h5-9H,4H2,1-3H3. The second-order valence-corrected chi connectivity index (χ2v) is 4.99. The largest absolute Gasteiger partial charge is 0.462 e. The molecule has 2 aromatic carbocycles. The van der Waals surface area contributed by atoms with Crippen LogP contribution >= 0.6 is 0 Å². The van der Waals surface area contributed by atoms with E-state index >= 15 is 0 Å². The number of carbonyl (C=O) groups excluding carboxylic acids is 1. The van der Waals surface area contributed by atoms with Crippen LogP contribution in [0.2, 0.25) is 0 Å². The van der Waals surface area contributed by atoms with Gasteiger partial charge in [-0.05, 0) is 56.2 Å². The number of furan rings is 1. The van der Waals surface area contributed by atoms with Crippen molar-refractivity contribution in [3.63, 3.8) is 0 Å². The summed E-state index contributed by atoms with van der Waals surface area (Å²) in [4.78, 5) is 11.8. The van der Waals surface area contributed by atoms with Crippen LogP contribution in [0.15, 0.2) is 34.7 Å². The van der Waals surface area contributed by atoms with Gasteiger partial charge >= 0.3 is 5.97 Å². The van der Waals surface area contributed by atoms with Crippen LogP contribution in [0.1, 0.15) is 28.4 Å². The maximum absolute atomic E-state index is 11.8. The number of esters is 1. The van der Waals surface area contributed by atoms with E-state index in [9.17, 15) is 4.79 Å². The minimum Gasteiger partial charge on any atom is -0.462 e. The monoisotopic (exact) mass is 268 g/mol. The molecule has 0 aliphatic carbocycles. The molecule has 102 valence electrons. The van der Waals surface area contributed by atoms with Crippen LogP contribution in [-0.2, 0) is 4.74 Å². The zero-order valence-corrected chi connectivity index (χ0v) is 11.8. The average molecular weight is 268 g/mol. The van der Waals surface area contributed by atoms with E-state index in [-0.39, 0.29) is 5.97 Å². The van der Waals surface area contributed by atoms with Crippen LogP contribution in [-0.4, -0.2) is 12.6 Å². The van der Waals surface area contributed by atoms with Crippen LogP contribution in [0, 0.1) is 13.8 Å². The summed E-state index contributed by atoms with van der Waals surface area (Å²) in [6.07, 6.45) is 0. The molecule has 3 heteroatoms. The van der Waals surface area contributed by atoms with E-state index in [4.69, 9.17) is 9.15 Å². The van der Waals surface area contributed by atoms with Crippen molar-refractivity contribution in [1.29, 1.82) is 0 Å². The van der Waals surface area contributed by atoms with E-state index in [2.05, 4.69) is 19.1 Å². The number of hydrogen-bond donors (Lipinski definition) is 0. The first-order chi connectivity index (χ1) is 9.60. The lowest BCUT2D eigenvalue weighted by Gasteiger charge is -2.01. The minimum absolute atomic E-state index is 0.298. The fourth-order valence-electron chi connectivity index (χ4n) is 2.57. The fraction of sp³-hybridized carbons (Fsp3) is 0.235. The van der Waals surface area contributed by atoms with Crippen molar-refractivity contribution in [2.45, 2.75) is 20.8 Å². The first-order valence-corrected chi connectivity index (χ1v) is 6.71. The molecule has 0 fully saturated rings. The van der Waals surface area contributed by atoms with Gasteiger partial charge in [0, 0.05) is 10.8 Å². The Morgan fingerprint density at radius 3 is 2.70 bits per heavy atom. The van der Waals surface area contributed by atoms with Gasteiger partial charge in [0.15, 0.2) is 0 Å². The van der Waals surface area contributed by atoms with Crippen molar-refractivity contribution in [1.82, 2.24) is 0 Å². The molecular weight excluding hydrogens is 252 g/mol. The number of hydrogen-bond acceptors (Lipinski definition) is 3. The van der Waals surface area contributed by atoms with Crippen molar-refractivity contribution in [3.8, 4) is 0 Å². The molecule has 0 aliphatic heterocycles. The fourth-order valence-corrected chi connectivity index (χ4v) is 2.57. The van der Waals surface area contributed by atoms with E-state index in [0.29, 0.717) is 12.2 Å². The third kappa shape index (κ3) is 1.95. The Hall–Kier alpha value is -2.29. The molecule has 20 heavy (non-hydrogen) atoms. The molecule has 3 rings (SSSR count). The Morgan fingerprint density at radius 1 is 1.15 bits per heavy atom. The molecular formula is C17H16O3. The van der Waals surface area contributed by atoms with Crippen molar-refractivity contribution in [2.24, 2.45) is 0 Å². The number of rotatable bonds is 2. The molecule has 0 radical (unpaired) electrons. The average Bonchev–Trinajstić information content (AvgIpc) is 2.77. The number of aryl methyl sites for hydroxylation is 2. The molecule has 0 saturated carbocycles. The quantitative estimate of drug-likeness (QED) is 0.647. The maximum atomic E-state index is 11.8. The Labute approximate surface area is 117 Å². The van der Waals surface area contributed by atoms with E-state index in [1.165, 1.54) is 5.56 Å². The summed E-state index contributed by atoms with van der Waals surface area (Å²) in [5, 5.41) is 2.00. The van der Waals surface area contributed by atoms with Gasteiger partial charge in [0.1, 0.15) is 11.2 Å². The first kappa shape index (κ1) is 12.7. The Bertz CT molecular complexity index is 812. The normalized spacial score (nSPS) is 11.2. The van der Waals surface area contributed by atoms with Gasteiger partial charge in [-0.15, -0.1) is 0 Å². The van der Waals surface area contributed by atoms with Crippen LogP contribution in [0.4, 0.5) is 0 Å². The van der Waals surface area contributed by atoms with Gasteiger partial charge in [0.25, 0.3) is 0 Å². The summed E-state index contributed by atoms with van der Waals surface area (Å²) in [5.41, 5.74) is 4.52. The molecule has 0 unspecified atom stereocenters. The highest BCUT2D eigenvalue weighted by atomic mass is 16.5. The van der Waals surface area contributed by atoms with Crippen molar-refractivity contribution in [3.05, 3.63) is 47.0 Å². The number of ether oxygens (including phenoxy) is 1. The summed E-state index contributed by atoms with van der Waals surface area (Å²) in [6, 6.07) is 9.60. The van der Waals surface area contributed by atoms with Gasteiger partial charge in [-0.2, -0.15) is 0 Å². The smallest absolute Gasteiger partial charge is 0.338 e. The molecule has 0 atom stereocenters. The highest BCUT2D eigenvalue weighted by Crippen LogP contribution is 2.32. The molecule has 1 heterocycles. The number of fused-ring (bicyclic) bond motifs is 3. The summed E-state index contributed by atoms with van der Waals surface area (Å²) in [6.45, 7) is 6.27. The predicted molar refractivity (Wildman–Crippen MR) is 79.2 cm³/mol. The first-order valence-electron chi connectivity index (χ1n) is 6.71. The van der Waals surface area contributed by atoms with Crippen LogP contribution in [0.3, 0.4) is 0 Å². The van der Waals surface area contributed by atoms with Gasteiger partial charge in [0.05, 0.1) is 12.2 Å². The van der Waals surface area contributed by atoms with Crippen LogP contribution < -0.4 is 0 Å². The molecule has 3 nitrogen and oxygen atoms in total. The van der Waals surface area contributed by atoms with E-state index in [0.717, 1.165) is 27.5 Å². The lowest BCUT2D eigenvalue weighted by molar-refractivity contribution is 0.0526. The topological polar surface area (TPSA) is 39.4 Å². The zero-order valence-electron chi connectivity index (χ0n) is 11.8. The van der Waals surface area contributed by atoms with Gasteiger partial charge in [-0.3, -0.25) is 0 Å². The van der Waals surface area contributed by atoms with E-state index in [1.807, 2.05) is 19.1 Å². The Kier molecular flexibility index (Phi) is 2.97. The second kappa shape index (κ2) is 4.67. The molecule has 0 aliphatic rings. The van der Waals surface area contributed by atoms with Gasteiger partial charge in [-0.1, -0.05) is 6.07 Å². The third-order valence-electron chi connectivity index (χ3n) is 3.41. The third-order valence-corrected chi connectivity index (χ3v) is 3.41. The maximum Gasteiger partial charge on any atom is 0.338 e. The molecule has 0 amide bonds. The molecule has 1 aromatic heterocycles. The second-order valence-electron chi connectivity index (χ2n) is 4.99. The molecule has 0 bridgehead atoms. The highest BCUT2D eigenvalue weighted by molar-refractivity contribution is 6.08. The summed E-state index contributed by atoms with van der Waals surface area (Å²) in [5.74, 6) is -0.298. The van der Waals surface area contributed by atoms with Gasteiger partial charge in [0.2, 0.25) is 0 Å². The SMILES string of the molecule is CCOC(=O)c1ccc2oc3c(C)cc(C)cc3c2c1. The van der Waals surface area contributed by atoms with E-state index < -0.39 is 0 Å². The van der Waals surface area contributed by atoms with E-state index in [1.54, 1.807) is 13.0 Å². The van der Waals surface area contributed by atoms with Gasteiger partial charge in [-0.25, -0.2) is 4.79 Å². The molecule has 0 saturated heterocycles. The van der Waals surface area contributed by atoms with Crippen molar-refractivity contribution in [2.75, 3.05) is 6.61 Å². The van der Waals surface area contributed by atoms with Crippen molar-refractivity contribution < 1.29 is 13.9 Å². The van der Waals surface area contributed by atoms with Gasteiger partial charge < -0.3 is 9.15 Å². The minimum atomic E-state index is -0.298. The van der Waals surface area contributed by atoms with Crippen LogP contribution in [0.5, 0.6) is 0 Å². The molecule has 3 aromatic rings. The highest BCUT2D eigenvalue weighted by Gasteiger charge is 2.13. The molecule has 0 N–H and O–H groups in total. The Balaban J connectivity index is 2.27. The summed E-state index contributed by atoms with van der Waals surface area (Å²) in [7, 11) is 0. The lowest BCUT2D eigenvalue weighted by Crippen LogP contribution is -2.03. The number of carbonyl (C=O) groups is 1. The van der Waals surface area contributed by atoms with Crippen LogP contribution in [0.25, 0.3) is 21.9 Å². The predicted octanol–water partition coefficient (Wildman–Crippen LogP) is 4.38. The molecule has 0 spiro atoms.